The second-order valence-electron chi connectivity index (χ2n) is 5.91. The predicted octanol–water partition coefficient (Wildman–Crippen LogP) is 4.33. The normalized spacial score (nSPS) is 11.0. The fourth-order valence-electron chi connectivity index (χ4n) is 2.22. The third-order valence-corrected chi connectivity index (χ3v) is 4.10. The molecule has 1 amide bonds. The molecular weight excluding hydrogens is 382 g/mol. The third kappa shape index (κ3) is 5.57. The van der Waals surface area contributed by atoms with Crippen LogP contribution in [0.25, 0.3) is 6.08 Å². The minimum Gasteiger partial charge on any atom is -0.483 e. The maximum Gasteiger partial charge on any atom is 0.255 e. The van der Waals surface area contributed by atoms with Crippen LogP contribution in [0.5, 0.6) is 5.75 Å². The van der Waals surface area contributed by atoms with E-state index in [-0.39, 0.29) is 12.4 Å². The average molecular weight is 402 g/mol. The summed E-state index contributed by atoms with van der Waals surface area (Å²) in [5.74, 6) is -0.0195. The van der Waals surface area contributed by atoms with E-state index in [9.17, 15) is 9.59 Å². The zero-order valence-electron chi connectivity index (χ0n) is 14.2. The van der Waals surface area contributed by atoms with Crippen LogP contribution in [0.3, 0.4) is 0 Å². The quantitative estimate of drug-likeness (QED) is 0.554. The fourth-order valence-corrected chi connectivity index (χ4v) is 2.58. The van der Waals surface area contributed by atoms with E-state index in [4.69, 9.17) is 10.5 Å². The summed E-state index contributed by atoms with van der Waals surface area (Å²) in [5, 5.41) is 0. The molecule has 0 saturated carbocycles. The molecule has 0 spiro atoms. The second kappa shape index (κ2) is 8.62. The molecule has 0 aliphatic heterocycles. The molecule has 2 rings (SSSR count). The molecule has 0 aliphatic carbocycles. The van der Waals surface area contributed by atoms with Crippen LogP contribution in [0.2, 0.25) is 0 Å². The van der Waals surface area contributed by atoms with Gasteiger partial charge in [0.25, 0.3) is 5.91 Å². The molecule has 0 fully saturated rings. The number of hydrogen-bond donors (Lipinski definition) is 1. The highest BCUT2D eigenvalue weighted by Gasteiger charge is 2.12. The van der Waals surface area contributed by atoms with Crippen LogP contribution in [-0.4, -0.2) is 18.3 Å². The predicted molar refractivity (Wildman–Crippen MR) is 103 cm³/mol. The van der Waals surface area contributed by atoms with E-state index in [1.54, 1.807) is 24.3 Å². The summed E-state index contributed by atoms with van der Waals surface area (Å²) in [7, 11) is 0. The Morgan fingerprint density at radius 1 is 1.16 bits per heavy atom. The average Bonchev–Trinajstić information content (AvgIpc) is 2.58. The van der Waals surface area contributed by atoms with Gasteiger partial charge in [0.05, 0.1) is 5.56 Å². The lowest BCUT2D eigenvalue weighted by Crippen LogP contribution is -2.20. The van der Waals surface area contributed by atoms with Gasteiger partial charge in [0.2, 0.25) is 0 Å². The Kier molecular flexibility index (Phi) is 6.53. The van der Waals surface area contributed by atoms with E-state index < -0.39 is 5.91 Å². The summed E-state index contributed by atoms with van der Waals surface area (Å²) >= 11 is 3.34. The van der Waals surface area contributed by atoms with Gasteiger partial charge in [0.15, 0.2) is 12.4 Å². The van der Waals surface area contributed by atoms with Gasteiger partial charge in [-0.1, -0.05) is 60.1 Å². The highest BCUT2D eigenvalue weighted by atomic mass is 79.9. The van der Waals surface area contributed by atoms with Crippen molar-refractivity contribution in [3.05, 3.63) is 69.7 Å². The number of ether oxygens (including phenoxy) is 1. The van der Waals surface area contributed by atoms with Crippen molar-refractivity contribution < 1.29 is 14.3 Å². The van der Waals surface area contributed by atoms with E-state index in [0.29, 0.717) is 17.2 Å². The molecule has 0 radical (unpaired) electrons. The van der Waals surface area contributed by atoms with Gasteiger partial charge in [0.1, 0.15) is 5.75 Å². The molecule has 25 heavy (non-hydrogen) atoms. The van der Waals surface area contributed by atoms with Crippen molar-refractivity contribution >= 4 is 33.7 Å². The lowest BCUT2D eigenvalue weighted by atomic mass is 10.0. The van der Waals surface area contributed by atoms with Crippen LogP contribution in [0.15, 0.2) is 53.0 Å². The van der Waals surface area contributed by atoms with Gasteiger partial charge < -0.3 is 10.5 Å². The molecule has 2 N–H and O–H groups in total. The number of carbonyl (C=O) groups excluding carboxylic acids is 2. The molecule has 0 unspecified atom stereocenters. The highest BCUT2D eigenvalue weighted by Crippen LogP contribution is 2.24. The van der Waals surface area contributed by atoms with Gasteiger partial charge in [0, 0.05) is 4.47 Å². The van der Waals surface area contributed by atoms with E-state index in [0.717, 1.165) is 10.0 Å². The van der Waals surface area contributed by atoms with E-state index in [2.05, 4.69) is 41.9 Å². The molecule has 130 valence electrons. The maximum absolute atomic E-state index is 12.5. The first-order chi connectivity index (χ1) is 11.9. The van der Waals surface area contributed by atoms with Crippen LogP contribution in [0, 0.1) is 0 Å². The van der Waals surface area contributed by atoms with Crippen molar-refractivity contribution in [1.29, 1.82) is 0 Å². The van der Waals surface area contributed by atoms with Crippen molar-refractivity contribution in [3.63, 3.8) is 0 Å². The summed E-state index contributed by atoms with van der Waals surface area (Å²) in [4.78, 5) is 23.4. The van der Waals surface area contributed by atoms with Gasteiger partial charge in [-0.05, 0) is 41.3 Å². The molecule has 4 nitrogen and oxygen atoms in total. The highest BCUT2D eigenvalue weighted by molar-refractivity contribution is 9.10. The van der Waals surface area contributed by atoms with Crippen LogP contribution in [0.4, 0.5) is 0 Å². The number of halogens is 1. The molecule has 0 aromatic heterocycles. The monoisotopic (exact) mass is 401 g/mol. The van der Waals surface area contributed by atoms with E-state index in [1.165, 1.54) is 11.6 Å². The summed E-state index contributed by atoms with van der Waals surface area (Å²) < 4.78 is 6.07. The minimum atomic E-state index is -0.595. The van der Waals surface area contributed by atoms with Crippen molar-refractivity contribution in [2.24, 2.45) is 5.73 Å². The van der Waals surface area contributed by atoms with Crippen LogP contribution in [-0.2, 0) is 4.79 Å². The minimum absolute atomic E-state index is 0.214. The Labute approximate surface area is 155 Å². The fraction of sp³-hybridized carbons (Fsp3) is 0.200. The Bertz CT molecular complexity index is 795. The smallest absolute Gasteiger partial charge is 0.255 e. The zero-order chi connectivity index (χ0) is 18.4. The van der Waals surface area contributed by atoms with Crippen molar-refractivity contribution in [2.45, 2.75) is 19.8 Å². The van der Waals surface area contributed by atoms with Crippen molar-refractivity contribution in [1.82, 2.24) is 0 Å². The molecule has 2 aromatic carbocycles. The molecule has 0 bridgehead atoms. The van der Waals surface area contributed by atoms with Gasteiger partial charge in [-0.25, -0.2) is 0 Å². The molecule has 5 heteroatoms. The van der Waals surface area contributed by atoms with Gasteiger partial charge in [-0.15, -0.1) is 0 Å². The maximum atomic E-state index is 12.5. The molecule has 0 saturated heterocycles. The van der Waals surface area contributed by atoms with Gasteiger partial charge in [-0.3, -0.25) is 9.59 Å². The van der Waals surface area contributed by atoms with Crippen molar-refractivity contribution in [2.75, 3.05) is 6.61 Å². The van der Waals surface area contributed by atoms with Crippen LogP contribution >= 0.6 is 15.9 Å². The first-order valence-electron chi connectivity index (χ1n) is 7.90. The lowest BCUT2D eigenvalue weighted by molar-refractivity contribution is -0.119. The van der Waals surface area contributed by atoms with E-state index in [1.807, 2.05) is 12.1 Å². The number of amides is 1. The number of allylic oxidation sites excluding steroid dienone is 1. The van der Waals surface area contributed by atoms with Crippen LogP contribution < -0.4 is 10.5 Å². The second-order valence-corrected chi connectivity index (χ2v) is 6.83. The number of primary amides is 1. The zero-order valence-corrected chi connectivity index (χ0v) is 15.7. The number of nitrogens with two attached hydrogens (primary N) is 1. The number of rotatable bonds is 7. The summed E-state index contributed by atoms with van der Waals surface area (Å²) in [6.45, 7) is 3.99. The summed E-state index contributed by atoms with van der Waals surface area (Å²) in [6.07, 6.45) is 3.24. The first kappa shape index (κ1) is 18.9. The number of hydrogen-bond acceptors (Lipinski definition) is 3. The number of ketones is 1. The van der Waals surface area contributed by atoms with Crippen molar-refractivity contribution in [3.8, 4) is 5.75 Å². The SMILES string of the molecule is CC(C)c1ccc(/C=C/C(=O)c2cc(Br)ccc2OCC(N)=O)cc1. The largest absolute Gasteiger partial charge is 0.483 e. The molecule has 0 heterocycles. The Morgan fingerprint density at radius 3 is 2.44 bits per heavy atom. The molecule has 0 atom stereocenters. The summed E-state index contributed by atoms with van der Waals surface area (Å²) in [5.41, 5.74) is 7.64. The first-order valence-corrected chi connectivity index (χ1v) is 8.69. The Morgan fingerprint density at radius 2 is 1.84 bits per heavy atom. The molecule has 0 aliphatic rings. The van der Waals surface area contributed by atoms with E-state index >= 15 is 0 Å². The summed E-state index contributed by atoms with van der Waals surface area (Å²) in [6, 6.07) is 13.1. The standard InChI is InChI=1S/C20H20BrNO3/c1-13(2)15-6-3-14(4-7-15)5-9-18(23)17-11-16(21)8-10-19(17)25-12-20(22)24/h3-11,13H,12H2,1-2H3,(H2,22,24)/b9-5+. The lowest BCUT2D eigenvalue weighted by Gasteiger charge is -2.09. The number of benzene rings is 2. The molecular formula is C20H20BrNO3. The van der Waals surface area contributed by atoms with Crippen LogP contribution in [0.1, 0.15) is 41.3 Å². The van der Waals surface area contributed by atoms with Gasteiger partial charge >= 0.3 is 0 Å². The third-order valence-electron chi connectivity index (χ3n) is 3.61. The molecule has 2 aromatic rings. The Balaban J connectivity index is 2.19. The van der Waals surface area contributed by atoms with Gasteiger partial charge in [-0.2, -0.15) is 0 Å². The topological polar surface area (TPSA) is 69.4 Å². The Hall–Kier alpha value is -2.40. The number of carbonyl (C=O) groups is 2.